The Labute approximate surface area is 101 Å². The van der Waals surface area contributed by atoms with E-state index in [0.29, 0.717) is 5.69 Å². The lowest BCUT2D eigenvalue weighted by Gasteiger charge is -2.29. The fraction of sp³-hybridized carbons (Fsp3) is 0.538. The minimum atomic E-state index is -1.09. The zero-order chi connectivity index (χ0) is 12.3. The number of carboxylic acids is 1. The molecule has 1 atom stereocenters. The van der Waals surface area contributed by atoms with Gasteiger partial charge in [0, 0.05) is 12.2 Å². The Hall–Kier alpha value is -1.42. The molecule has 0 spiro atoms. The van der Waals surface area contributed by atoms with Crippen molar-refractivity contribution < 1.29 is 9.90 Å². The Morgan fingerprint density at radius 2 is 2.18 bits per heavy atom. The molecule has 1 aliphatic rings. The van der Waals surface area contributed by atoms with Gasteiger partial charge in [0.15, 0.2) is 5.54 Å². The van der Waals surface area contributed by atoms with Crippen LogP contribution in [0.25, 0.3) is 0 Å². The topological polar surface area (TPSA) is 62.2 Å². The Kier molecular flexibility index (Phi) is 3.43. The summed E-state index contributed by atoms with van der Waals surface area (Å²) in [6, 6.07) is 5.66. The molecule has 1 aliphatic carbocycles. The molecule has 92 valence electrons. The molecule has 1 heterocycles. The van der Waals surface area contributed by atoms with E-state index in [9.17, 15) is 9.90 Å². The molecular weight excluding hydrogens is 216 g/mol. The molecule has 2 N–H and O–H groups in total. The van der Waals surface area contributed by atoms with E-state index in [0.717, 1.165) is 12.8 Å². The second-order valence-electron chi connectivity index (χ2n) is 4.77. The summed E-state index contributed by atoms with van der Waals surface area (Å²) in [4.78, 5) is 15.7. The lowest BCUT2D eigenvalue weighted by atomic mass is 9.95. The number of rotatable bonds is 4. The van der Waals surface area contributed by atoms with Crippen molar-refractivity contribution >= 4 is 5.97 Å². The number of nitrogens with one attached hydrogen (secondary N) is 1. The average Bonchev–Trinajstić information content (AvgIpc) is 2.82. The molecule has 1 unspecified atom stereocenters. The standard InChI is InChI=1S/C13H18N2O2/c1-13(12(16)17,11-8-4-5-9-14-11)15-10-6-2-3-7-10/h4-5,8-10,15H,2-3,6-7H2,1H3,(H,16,17). The first kappa shape index (κ1) is 12.0. The van der Waals surface area contributed by atoms with Gasteiger partial charge < -0.3 is 5.11 Å². The summed E-state index contributed by atoms with van der Waals surface area (Å²) in [6.45, 7) is 1.69. The molecule has 17 heavy (non-hydrogen) atoms. The van der Waals surface area contributed by atoms with Crippen molar-refractivity contribution in [1.29, 1.82) is 0 Å². The molecule has 1 aromatic heterocycles. The second-order valence-corrected chi connectivity index (χ2v) is 4.77. The van der Waals surface area contributed by atoms with E-state index in [1.807, 2.05) is 6.07 Å². The second kappa shape index (κ2) is 4.84. The van der Waals surface area contributed by atoms with E-state index in [4.69, 9.17) is 0 Å². The predicted molar refractivity (Wildman–Crippen MR) is 64.6 cm³/mol. The molecule has 1 saturated carbocycles. The molecule has 0 bridgehead atoms. The maximum atomic E-state index is 11.5. The SMILES string of the molecule is CC(NC1CCCC1)(C(=O)O)c1ccccn1. The smallest absolute Gasteiger partial charge is 0.329 e. The molecular formula is C13H18N2O2. The van der Waals surface area contributed by atoms with Gasteiger partial charge in [-0.15, -0.1) is 0 Å². The van der Waals surface area contributed by atoms with E-state index < -0.39 is 11.5 Å². The minimum Gasteiger partial charge on any atom is -0.480 e. The first-order chi connectivity index (χ1) is 8.13. The molecule has 4 nitrogen and oxygen atoms in total. The normalized spacial score (nSPS) is 20.1. The molecule has 1 fully saturated rings. The quantitative estimate of drug-likeness (QED) is 0.835. The van der Waals surface area contributed by atoms with Crippen LogP contribution < -0.4 is 5.32 Å². The van der Waals surface area contributed by atoms with Crippen LogP contribution in [-0.4, -0.2) is 22.1 Å². The highest BCUT2D eigenvalue weighted by molar-refractivity contribution is 5.79. The minimum absolute atomic E-state index is 0.290. The average molecular weight is 234 g/mol. The number of nitrogens with zero attached hydrogens (tertiary/aromatic N) is 1. The van der Waals surface area contributed by atoms with E-state index in [1.54, 1.807) is 25.3 Å². The van der Waals surface area contributed by atoms with E-state index >= 15 is 0 Å². The number of pyridine rings is 1. The predicted octanol–water partition coefficient (Wildman–Crippen LogP) is 1.91. The lowest BCUT2D eigenvalue weighted by Crippen LogP contribution is -2.51. The molecule has 0 saturated heterocycles. The molecule has 0 aliphatic heterocycles. The van der Waals surface area contributed by atoms with Crippen LogP contribution in [0.1, 0.15) is 38.3 Å². The molecule has 2 rings (SSSR count). The van der Waals surface area contributed by atoms with Crippen LogP contribution in [0.4, 0.5) is 0 Å². The van der Waals surface area contributed by atoms with Crippen LogP contribution in [0.2, 0.25) is 0 Å². The fourth-order valence-corrected chi connectivity index (χ4v) is 2.38. The number of carboxylic acid groups (broad SMARTS) is 1. The Morgan fingerprint density at radius 3 is 2.71 bits per heavy atom. The third-order valence-electron chi connectivity index (χ3n) is 3.45. The number of aromatic nitrogens is 1. The zero-order valence-electron chi connectivity index (χ0n) is 10.0. The number of hydrogen-bond donors (Lipinski definition) is 2. The molecule has 4 heteroatoms. The van der Waals surface area contributed by atoms with Gasteiger partial charge in [-0.2, -0.15) is 0 Å². The summed E-state index contributed by atoms with van der Waals surface area (Å²) in [5.74, 6) is -0.872. The van der Waals surface area contributed by atoms with Crippen molar-refractivity contribution in [2.75, 3.05) is 0 Å². The maximum absolute atomic E-state index is 11.5. The van der Waals surface area contributed by atoms with Gasteiger partial charge in [-0.05, 0) is 31.9 Å². The van der Waals surface area contributed by atoms with Gasteiger partial charge in [-0.3, -0.25) is 10.3 Å². The van der Waals surface area contributed by atoms with Crippen LogP contribution in [0, 0.1) is 0 Å². The summed E-state index contributed by atoms with van der Waals surface area (Å²) in [5, 5.41) is 12.7. The molecule has 0 radical (unpaired) electrons. The summed E-state index contributed by atoms with van der Waals surface area (Å²) in [6.07, 6.45) is 6.09. The summed E-state index contributed by atoms with van der Waals surface area (Å²) < 4.78 is 0. The largest absolute Gasteiger partial charge is 0.480 e. The summed E-state index contributed by atoms with van der Waals surface area (Å²) in [7, 11) is 0. The fourth-order valence-electron chi connectivity index (χ4n) is 2.38. The summed E-state index contributed by atoms with van der Waals surface area (Å²) in [5.41, 5.74) is -0.518. The number of aliphatic carboxylic acids is 1. The van der Waals surface area contributed by atoms with Gasteiger partial charge in [-0.25, -0.2) is 4.79 Å². The monoisotopic (exact) mass is 234 g/mol. The van der Waals surface area contributed by atoms with Gasteiger partial charge in [0.25, 0.3) is 0 Å². The van der Waals surface area contributed by atoms with Gasteiger partial charge >= 0.3 is 5.97 Å². The molecule has 0 aromatic carbocycles. The highest BCUT2D eigenvalue weighted by Crippen LogP contribution is 2.25. The van der Waals surface area contributed by atoms with Crippen LogP contribution in [-0.2, 0) is 10.3 Å². The molecule has 0 amide bonds. The third kappa shape index (κ3) is 2.47. The van der Waals surface area contributed by atoms with E-state index in [2.05, 4.69) is 10.3 Å². The maximum Gasteiger partial charge on any atom is 0.329 e. The van der Waals surface area contributed by atoms with Gasteiger partial charge in [0.2, 0.25) is 0 Å². The van der Waals surface area contributed by atoms with Crippen molar-refractivity contribution in [3.63, 3.8) is 0 Å². The first-order valence-electron chi connectivity index (χ1n) is 6.05. The first-order valence-corrected chi connectivity index (χ1v) is 6.05. The Bertz CT molecular complexity index is 388. The van der Waals surface area contributed by atoms with Crippen LogP contribution in [0.5, 0.6) is 0 Å². The number of carbonyl (C=O) groups is 1. The highest BCUT2D eigenvalue weighted by atomic mass is 16.4. The van der Waals surface area contributed by atoms with Crippen LogP contribution in [0.3, 0.4) is 0 Å². The van der Waals surface area contributed by atoms with Crippen LogP contribution in [0.15, 0.2) is 24.4 Å². The van der Waals surface area contributed by atoms with Crippen molar-refractivity contribution in [2.45, 2.75) is 44.2 Å². The third-order valence-corrected chi connectivity index (χ3v) is 3.45. The lowest BCUT2D eigenvalue weighted by molar-refractivity contribution is -0.145. The van der Waals surface area contributed by atoms with Crippen LogP contribution >= 0.6 is 0 Å². The Morgan fingerprint density at radius 1 is 1.47 bits per heavy atom. The molecule has 1 aromatic rings. The van der Waals surface area contributed by atoms with E-state index in [-0.39, 0.29) is 6.04 Å². The van der Waals surface area contributed by atoms with Crippen molar-refractivity contribution in [2.24, 2.45) is 0 Å². The highest BCUT2D eigenvalue weighted by Gasteiger charge is 2.38. The van der Waals surface area contributed by atoms with Gasteiger partial charge in [0.05, 0.1) is 5.69 Å². The number of hydrogen-bond acceptors (Lipinski definition) is 3. The van der Waals surface area contributed by atoms with Gasteiger partial charge in [-0.1, -0.05) is 18.9 Å². The summed E-state index contributed by atoms with van der Waals surface area (Å²) >= 11 is 0. The zero-order valence-corrected chi connectivity index (χ0v) is 10.0. The van der Waals surface area contributed by atoms with Gasteiger partial charge in [0.1, 0.15) is 0 Å². The van der Waals surface area contributed by atoms with Crippen molar-refractivity contribution in [3.05, 3.63) is 30.1 Å². The van der Waals surface area contributed by atoms with E-state index in [1.165, 1.54) is 12.8 Å². The Balaban J connectivity index is 2.23. The van der Waals surface area contributed by atoms with Crippen molar-refractivity contribution in [1.82, 2.24) is 10.3 Å². The van der Waals surface area contributed by atoms with Crippen molar-refractivity contribution in [3.8, 4) is 0 Å².